The summed E-state index contributed by atoms with van der Waals surface area (Å²) in [4.78, 5) is 14.9. The molecule has 144 valence electrons. The Morgan fingerprint density at radius 2 is 1.96 bits per heavy atom. The Morgan fingerprint density at radius 1 is 1.14 bits per heavy atom. The molecule has 1 amide bonds. The molecular weight excluding hydrogens is 352 g/mol. The molecule has 3 aromatic rings. The van der Waals surface area contributed by atoms with Crippen molar-refractivity contribution in [2.24, 2.45) is 11.8 Å². The monoisotopic (exact) mass is 376 g/mol. The van der Waals surface area contributed by atoms with E-state index < -0.39 is 0 Å². The fraction of sp³-hybridized carbons (Fsp3) is 0.524. The number of benzene rings is 1. The maximum Gasteiger partial charge on any atom is 0.240 e. The smallest absolute Gasteiger partial charge is 0.240 e. The predicted octanol–water partition coefficient (Wildman–Crippen LogP) is 2.49. The zero-order chi connectivity index (χ0) is 18.8. The van der Waals surface area contributed by atoms with Crippen LogP contribution in [0.4, 0.5) is 0 Å². The summed E-state index contributed by atoms with van der Waals surface area (Å²) in [5.74, 6) is 1.38. The van der Waals surface area contributed by atoms with E-state index in [4.69, 9.17) is 0 Å². The standard InChI is InChI=1S/C21H24N6O/c28-19(12-26-6-5-17-3-1-2-4-18(17)26)24-20-8-15-7-16(9-20)11-21(10-15,13-20)27-23-14-22-25-27/h1-6,14-16H,7-13H2,(H,24,28). The van der Waals surface area contributed by atoms with Gasteiger partial charge in [-0.25, -0.2) is 0 Å². The number of nitrogens with one attached hydrogen (secondary N) is 1. The number of para-hydroxylation sites is 1. The lowest BCUT2D eigenvalue weighted by Crippen LogP contribution is -2.66. The quantitative estimate of drug-likeness (QED) is 0.759. The molecule has 7 rings (SSSR count). The Balaban J connectivity index is 1.26. The van der Waals surface area contributed by atoms with Gasteiger partial charge in [-0.05, 0) is 73.1 Å². The van der Waals surface area contributed by atoms with E-state index in [2.05, 4.69) is 38.9 Å². The predicted molar refractivity (Wildman–Crippen MR) is 103 cm³/mol. The minimum atomic E-state index is -0.127. The zero-order valence-corrected chi connectivity index (χ0v) is 15.8. The number of hydrogen-bond acceptors (Lipinski definition) is 4. The van der Waals surface area contributed by atoms with Gasteiger partial charge >= 0.3 is 0 Å². The van der Waals surface area contributed by atoms with Crippen LogP contribution in [-0.2, 0) is 16.9 Å². The third-order valence-corrected chi connectivity index (χ3v) is 7.20. The van der Waals surface area contributed by atoms with Crippen LogP contribution in [0.5, 0.6) is 0 Å². The summed E-state index contributed by atoms with van der Waals surface area (Å²) in [6, 6.07) is 10.3. The molecule has 2 unspecified atom stereocenters. The molecule has 0 radical (unpaired) electrons. The van der Waals surface area contributed by atoms with Crippen molar-refractivity contribution < 1.29 is 4.79 Å². The van der Waals surface area contributed by atoms with E-state index in [0.29, 0.717) is 18.4 Å². The van der Waals surface area contributed by atoms with Gasteiger partial charge in [-0.1, -0.05) is 18.2 Å². The average molecular weight is 376 g/mol. The number of nitrogens with zero attached hydrogens (tertiary/aromatic N) is 5. The number of amides is 1. The number of rotatable bonds is 4. The Morgan fingerprint density at radius 3 is 2.75 bits per heavy atom. The van der Waals surface area contributed by atoms with E-state index in [9.17, 15) is 4.79 Å². The lowest BCUT2D eigenvalue weighted by Gasteiger charge is -2.61. The van der Waals surface area contributed by atoms with Gasteiger partial charge in [0.25, 0.3) is 0 Å². The van der Waals surface area contributed by atoms with Gasteiger partial charge in [0.1, 0.15) is 6.54 Å². The fourth-order valence-corrected chi connectivity index (χ4v) is 6.75. The molecule has 4 bridgehead atoms. The van der Waals surface area contributed by atoms with E-state index >= 15 is 0 Å². The summed E-state index contributed by atoms with van der Waals surface area (Å²) < 4.78 is 2.04. The lowest BCUT2D eigenvalue weighted by molar-refractivity contribution is -0.131. The van der Waals surface area contributed by atoms with Gasteiger partial charge in [0, 0.05) is 17.3 Å². The van der Waals surface area contributed by atoms with Crippen molar-refractivity contribution in [3.05, 3.63) is 42.9 Å². The molecule has 1 N–H and O–H groups in total. The molecule has 2 heterocycles. The second-order valence-corrected chi connectivity index (χ2v) is 9.24. The van der Waals surface area contributed by atoms with Gasteiger partial charge in [0.15, 0.2) is 6.33 Å². The summed E-state index contributed by atoms with van der Waals surface area (Å²) in [6.45, 7) is 0.360. The summed E-state index contributed by atoms with van der Waals surface area (Å²) in [5.41, 5.74) is 0.901. The van der Waals surface area contributed by atoms with Crippen LogP contribution in [0.2, 0.25) is 0 Å². The van der Waals surface area contributed by atoms with Crippen molar-refractivity contribution in [3.63, 3.8) is 0 Å². The fourth-order valence-electron chi connectivity index (χ4n) is 6.75. The Hall–Kier alpha value is -2.70. The topological polar surface area (TPSA) is 77.6 Å². The maximum absolute atomic E-state index is 13.0. The SMILES string of the molecule is O=C(Cn1ccc2ccccc21)NC12CC3CC(C1)CC(n1ncnn1)(C3)C2. The highest BCUT2D eigenvalue weighted by Gasteiger charge is 2.60. The molecule has 4 aliphatic rings. The van der Waals surface area contributed by atoms with Crippen LogP contribution in [0.25, 0.3) is 10.9 Å². The minimum absolute atomic E-state index is 0.0754. The van der Waals surface area contributed by atoms with Crippen molar-refractivity contribution in [1.29, 1.82) is 0 Å². The molecule has 2 aromatic heterocycles. The molecule has 0 spiro atoms. The van der Waals surface area contributed by atoms with Crippen LogP contribution < -0.4 is 5.32 Å². The lowest BCUT2D eigenvalue weighted by atomic mass is 9.50. The summed E-state index contributed by atoms with van der Waals surface area (Å²) in [7, 11) is 0. The van der Waals surface area contributed by atoms with Crippen molar-refractivity contribution in [3.8, 4) is 0 Å². The zero-order valence-electron chi connectivity index (χ0n) is 15.8. The molecule has 4 fully saturated rings. The summed E-state index contributed by atoms with van der Waals surface area (Å²) in [6.07, 6.45) is 10.1. The van der Waals surface area contributed by atoms with Crippen LogP contribution in [0.3, 0.4) is 0 Å². The second-order valence-electron chi connectivity index (χ2n) is 9.24. The van der Waals surface area contributed by atoms with Crippen molar-refractivity contribution in [2.45, 2.75) is 56.1 Å². The van der Waals surface area contributed by atoms with Gasteiger partial charge in [0.05, 0.1) is 5.54 Å². The van der Waals surface area contributed by atoms with Crippen LogP contribution in [0, 0.1) is 11.8 Å². The minimum Gasteiger partial charge on any atom is -0.349 e. The van der Waals surface area contributed by atoms with Crippen LogP contribution in [0.1, 0.15) is 38.5 Å². The maximum atomic E-state index is 13.0. The number of carbonyl (C=O) groups is 1. The molecule has 0 aliphatic heterocycles. The first-order valence-electron chi connectivity index (χ1n) is 10.2. The highest BCUT2D eigenvalue weighted by atomic mass is 16.2. The first-order valence-corrected chi connectivity index (χ1v) is 10.2. The van der Waals surface area contributed by atoms with Crippen molar-refractivity contribution >= 4 is 16.8 Å². The van der Waals surface area contributed by atoms with Crippen LogP contribution in [0.15, 0.2) is 42.9 Å². The molecule has 4 saturated carbocycles. The van der Waals surface area contributed by atoms with E-state index in [1.165, 1.54) is 18.1 Å². The largest absolute Gasteiger partial charge is 0.349 e. The first kappa shape index (κ1) is 16.3. The van der Waals surface area contributed by atoms with Crippen LogP contribution in [-0.4, -0.2) is 36.2 Å². The Kier molecular flexibility index (Phi) is 3.29. The molecular formula is C21H24N6O. The van der Waals surface area contributed by atoms with Gasteiger partial charge in [-0.2, -0.15) is 4.80 Å². The average Bonchev–Trinajstić information content (AvgIpc) is 3.31. The third kappa shape index (κ3) is 2.41. The normalized spacial score (nSPS) is 33.4. The van der Waals surface area contributed by atoms with E-state index in [1.807, 2.05) is 27.7 Å². The van der Waals surface area contributed by atoms with Crippen LogP contribution >= 0.6 is 0 Å². The highest BCUT2D eigenvalue weighted by Crippen LogP contribution is 2.60. The van der Waals surface area contributed by atoms with Crippen molar-refractivity contribution in [1.82, 2.24) is 30.1 Å². The number of tetrazole rings is 1. The second kappa shape index (κ2) is 5.65. The van der Waals surface area contributed by atoms with E-state index in [0.717, 1.165) is 37.6 Å². The molecule has 7 nitrogen and oxygen atoms in total. The first-order chi connectivity index (χ1) is 13.6. The Labute approximate surface area is 163 Å². The molecule has 4 aliphatic carbocycles. The van der Waals surface area contributed by atoms with Gasteiger partial charge in [0.2, 0.25) is 5.91 Å². The number of fused-ring (bicyclic) bond motifs is 1. The highest BCUT2D eigenvalue weighted by molar-refractivity contribution is 5.83. The number of carbonyl (C=O) groups excluding carboxylic acids is 1. The molecule has 1 aromatic carbocycles. The van der Waals surface area contributed by atoms with Gasteiger partial charge < -0.3 is 9.88 Å². The van der Waals surface area contributed by atoms with E-state index in [1.54, 1.807) is 0 Å². The number of aromatic nitrogens is 5. The molecule has 28 heavy (non-hydrogen) atoms. The van der Waals surface area contributed by atoms with Gasteiger partial charge in [-0.3, -0.25) is 4.79 Å². The molecule has 0 saturated heterocycles. The van der Waals surface area contributed by atoms with Crippen molar-refractivity contribution in [2.75, 3.05) is 0 Å². The molecule has 7 heteroatoms. The summed E-state index contributed by atoms with van der Waals surface area (Å²) >= 11 is 0. The third-order valence-electron chi connectivity index (χ3n) is 7.20. The van der Waals surface area contributed by atoms with Gasteiger partial charge in [-0.15, -0.1) is 10.2 Å². The van der Waals surface area contributed by atoms with E-state index in [-0.39, 0.29) is 17.0 Å². The Bertz CT molecular complexity index is 1020. The summed E-state index contributed by atoms with van der Waals surface area (Å²) in [5, 5.41) is 17.2. The number of hydrogen-bond donors (Lipinski definition) is 1. The molecule has 2 atom stereocenters.